The predicted octanol–water partition coefficient (Wildman–Crippen LogP) is 3.35. The summed E-state index contributed by atoms with van der Waals surface area (Å²) in [6.07, 6.45) is 4.37. The number of amides is 4. The number of carbonyl (C=O) groups excluding carboxylic acids is 3. The van der Waals surface area contributed by atoms with Crippen LogP contribution in [0.2, 0.25) is 0 Å². The molecule has 1 aromatic carbocycles. The first-order chi connectivity index (χ1) is 18.1. The highest BCUT2D eigenvalue weighted by atomic mass is 32.2. The van der Waals surface area contributed by atoms with Crippen LogP contribution in [-0.2, 0) is 23.0 Å². The summed E-state index contributed by atoms with van der Waals surface area (Å²) in [5.41, 5.74) is 1.43. The number of nitrogens with zero attached hydrogens (tertiary/aromatic N) is 3. The summed E-state index contributed by atoms with van der Waals surface area (Å²) in [5.74, 6) is -1.01. The number of hydrogen-bond donors (Lipinski definition) is 2. The average Bonchev–Trinajstić information content (AvgIpc) is 3.05. The van der Waals surface area contributed by atoms with E-state index in [9.17, 15) is 22.8 Å². The van der Waals surface area contributed by atoms with Crippen LogP contribution in [0.15, 0.2) is 29.2 Å². The van der Waals surface area contributed by atoms with E-state index in [1.54, 1.807) is 14.1 Å². The largest absolute Gasteiger partial charge is 0.331 e. The van der Waals surface area contributed by atoms with Crippen LogP contribution in [0.5, 0.6) is 0 Å². The van der Waals surface area contributed by atoms with Crippen LogP contribution in [0.4, 0.5) is 9.80 Å². The number of imide groups is 1. The first kappa shape index (κ1) is 28.2. The van der Waals surface area contributed by atoms with Gasteiger partial charge >= 0.3 is 6.03 Å². The second kappa shape index (κ2) is 11.9. The van der Waals surface area contributed by atoms with E-state index >= 15 is 0 Å². The van der Waals surface area contributed by atoms with Gasteiger partial charge in [0.1, 0.15) is 5.00 Å². The zero-order chi connectivity index (χ0) is 27.4. The topological polar surface area (TPSA) is 119 Å². The lowest BCUT2D eigenvalue weighted by Crippen LogP contribution is -2.39. The van der Waals surface area contributed by atoms with E-state index in [0.717, 1.165) is 49.2 Å². The van der Waals surface area contributed by atoms with Gasteiger partial charge in [0.15, 0.2) is 0 Å². The van der Waals surface area contributed by atoms with Crippen molar-refractivity contribution >= 4 is 44.2 Å². The molecule has 0 radical (unpaired) electrons. The Kier molecular flexibility index (Phi) is 8.86. The summed E-state index contributed by atoms with van der Waals surface area (Å²) in [6.45, 7) is 5.39. The van der Waals surface area contributed by atoms with Gasteiger partial charge in [-0.25, -0.2) is 13.2 Å². The molecule has 4 amide bonds. The molecule has 2 aliphatic heterocycles. The Balaban J connectivity index is 1.57. The van der Waals surface area contributed by atoms with Crippen LogP contribution in [0.3, 0.4) is 0 Å². The van der Waals surface area contributed by atoms with E-state index in [1.807, 2.05) is 0 Å². The number of likely N-dealkylation sites (N-methyl/N-ethyl adjacent to an activating group) is 1. The third-order valence-corrected chi connectivity index (χ3v) is 10.0. The van der Waals surface area contributed by atoms with Crippen molar-refractivity contribution in [2.75, 3.05) is 45.6 Å². The molecule has 1 saturated heterocycles. The highest BCUT2D eigenvalue weighted by molar-refractivity contribution is 7.89. The van der Waals surface area contributed by atoms with Crippen molar-refractivity contribution in [2.45, 2.75) is 50.5 Å². The zero-order valence-corrected chi connectivity index (χ0v) is 23.7. The maximum absolute atomic E-state index is 13.2. The maximum Gasteiger partial charge on any atom is 0.323 e. The highest BCUT2D eigenvalue weighted by Gasteiger charge is 2.30. The summed E-state index contributed by atoms with van der Waals surface area (Å²) in [6, 6.07) is 5.34. The second-order valence-electron chi connectivity index (χ2n) is 9.78. The molecule has 0 spiro atoms. The lowest BCUT2D eigenvalue weighted by Gasteiger charge is -2.25. The van der Waals surface area contributed by atoms with Crippen molar-refractivity contribution in [1.29, 1.82) is 0 Å². The maximum atomic E-state index is 13.2. The minimum absolute atomic E-state index is 0.157. The standard InChI is InChI=1S/C26H35N5O5S2/c1-4-30-16-13-20-21(17-30)37-25(22(20)24(33)28-26(34)29(2)3)27-23(32)18-9-11-19(12-10-18)38(35,36)31-14-7-5-6-8-15-31/h9-12H,4-8,13-17H2,1-3H3,(H,27,32)(H,28,33,34). The lowest BCUT2D eigenvalue weighted by atomic mass is 10.0. The molecule has 2 aromatic rings. The van der Waals surface area contributed by atoms with Crippen molar-refractivity contribution in [1.82, 2.24) is 19.4 Å². The van der Waals surface area contributed by atoms with Gasteiger partial charge in [-0.15, -0.1) is 11.3 Å². The Hall–Kier alpha value is -2.80. The van der Waals surface area contributed by atoms with Gasteiger partial charge in [0.2, 0.25) is 10.0 Å². The molecule has 3 heterocycles. The third kappa shape index (κ3) is 6.09. The average molecular weight is 562 g/mol. The predicted molar refractivity (Wildman–Crippen MR) is 147 cm³/mol. The first-order valence-electron chi connectivity index (χ1n) is 12.9. The smallest absolute Gasteiger partial charge is 0.323 e. The molecule has 4 rings (SSSR count). The summed E-state index contributed by atoms with van der Waals surface area (Å²) in [4.78, 5) is 43.1. The van der Waals surface area contributed by atoms with E-state index < -0.39 is 27.9 Å². The summed E-state index contributed by atoms with van der Waals surface area (Å²) in [7, 11) is -0.531. The van der Waals surface area contributed by atoms with Crippen molar-refractivity contribution in [3.05, 3.63) is 45.8 Å². The summed E-state index contributed by atoms with van der Waals surface area (Å²) in [5, 5.41) is 5.61. The number of sulfonamides is 1. The van der Waals surface area contributed by atoms with Gasteiger partial charge in [-0.2, -0.15) is 4.31 Å². The minimum atomic E-state index is -3.62. The second-order valence-corrected chi connectivity index (χ2v) is 12.8. The first-order valence-corrected chi connectivity index (χ1v) is 15.2. The molecule has 0 saturated carbocycles. The fourth-order valence-corrected chi connectivity index (χ4v) is 7.51. The van der Waals surface area contributed by atoms with Gasteiger partial charge in [0.05, 0.1) is 10.5 Å². The molecule has 0 aliphatic carbocycles. The third-order valence-electron chi connectivity index (χ3n) is 6.98. The number of urea groups is 1. The normalized spacial score (nSPS) is 16.8. The highest BCUT2D eigenvalue weighted by Crippen LogP contribution is 2.37. The van der Waals surface area contributed by atoms with Gasteiger partial charge < -0.3 is 10.2 Å². The molecule has 2 N–H and O–H groups in total. The molecule has 1 aromatic heterocycles. The van der Waals surface area contributed by atoms with Crippen molar-refractivity contribution in [2.24, 2.45) is 0 Å². The number of rotatable bonds is 6. The number of nitrogens with one attached hydrogen (secondary N) is 2. The van der Waals surface area contributed by atoms with Gasteiger partial charge in [0.25, 0.3) is 11.8 Å². The molecular formula is C26H35N5O5S2. The molecule has 0 atom stereocenters. The van der Waals surface area contributed by atoms with Crippen LogP contribution in [0.25, 0.3) is 0 Å². The van der Waals surface area contributed by atoms with E-state index in [2.05, 4.69) is 22.5 Å². The molecule has 0 unspecified atom stereocenters. The molecule has 38 heavy (non-hydrogen) atoms. The van der Waals surface area contributed by atoms with Crippen LogP contribution in [-0.4, -0.2) is 80.6 Å². The van der Waals surface area contributed by atoms with Crippen LogP contribution in [0.1, 0.15) is 63.8 Å². The molecule has 1 fully saturated rings. The fourth-order valence-electron chi connectivity index (χ4n) is 4.71. The van der Waals surface area contributed by atoms with Gasteiger partial charge in [-0.05, 0) is 55.6 Å². The SMILES string of the molecule is CCN1CCc2c(sc(NC(=O)c3ccc(S(=O)(=O)N4CCCCCC4)cc3)c2C(=O)NC(=O)N(C)C)C1. The number of thiophene rings is 1. The Labute approximate surface area is 228 Å². The quantitative estimate of drug-likeness (QED) is 0.558. The van der Waals surface area contributed by atoms with Crippen molar-refractivity contribution in [3.63, 3.8) is 0 Å². The number of carbonyl (C=O) groups is 3. The zero-order valence-electron chi connectivity index (χ0n) is 22.1. The molecule has 206 valence electrons. The van der Waals surface area contributed by atoms with Gasteiger partial charge in [-0.1, -0.05) is 19.8 Å². The van der Waals surface area contributed by atoms with Gasteiger partial charge in [-0.3, -0.25) is 19.8 Å². The van der Waals surface area contributed by atoms with Crippen molar-refractivity contribution in [3.8, 4) is 0 Å². The van der Waals surface area contributed by atoms with Crippen LogP contribution in [0, 0.1) is 0 Å². The number of hydrogen-bond acceptors (Lipinski definition) is 7. The van der Waals surface area contributed by atoms with E-state index in [1.165, 1.54) is 44.8 Å². The summed E-state index contributed by atoms with van der Waals surface area (Å²) >= 11 is 1.33. The number of anilines is 1. The van der Waals surface area contributed by atoms with E-state index in [0.29, 0.717) is 36.6 Å². The lowest BCUT2D eigenvalue weighted by molar-refractivity contribution is 0.0956. The number of fused-ring (bicyclic) bond motifs is 1. The Morgan fingerprint density at radius 2 is 1.63 bits per heavy atom. The molecule has 0 bridgehead atoms. The minimum Gasteiger partial charge on any atom is -0.331 e. The van der Waals surface area contributed by atoms with Gasteiger partial charge in [0, 0.05) is 50.7 Å². The Bertz CT molecular complexity index is 1300. The monoisotopic (exact) mass is 561 g/mol. The molecule has 12 heteroatoms. The molecular weight excluding hydrogens is 526 g/mol. The Morgan fingerprint density at radius 3 is 2.24 bits per heavy atom. The van der Waals surface area contributed by atoms with E-state index in [4.69, 9.17) is 0 Å². The van der Waals surface area contributed by atoms with E-state index in [-0.39, 0.29) is 10.5 Å². The molecule has 10 nitrogen and oxygen atoms in total. The fraction of sp³-hybridized carbons (Fsp3) is 0.500. The number of benzene rings is 1. The van der Waals surface area contributed by atoms with Crippen LogP contribution < -0.4 is 10.6 Å². The van der Waals surface area contributed by atoms with Crippen molar-refractivity contribution < 1.29 is 22.8 Å². The molecule has 2 aliphatic rings. The van der Waals surface area contributed by atoms with Crippen LogP contribution >= 0.6 is 11.3 Å². The summed E-state index contributed by atoms with van der Waals surface area (Å²) < 4.78 is 27.7. The Morgan fingerprint density at radius 1 is 0.974 bits per heavy atom.